The van der Waals surface area contributed by atoms with Crippen molar-refractivity contribution in [3.63, 3.8) is 0 Å². The van der Waals surface area contributed by atoms with Crippen LogP contribution in [0.25, 0.3) is 0 Å². The van der Waals surface area contributed by atoms with Gasteiger partial charge in [-0.25, -0.2) is 0 Å². The van der Waals surface area contributed by atoms with Crippen LogP contribution in [0.15, 0.2) is 0 Å². The summed E-state index contributed by atoms with van der Waals surface area (Å²) >= 11 is 0. The highest BCUT2D eigenvalue weighted by Crippen LogP contribution is 2.40. The first-order valence-corrected chi connectivity index (χ1v) is 8.00. The number of ether oxygens (including phenoxy) is 1. The first kappa shape index (κ1) is 15.3. The van der Waals surface area contributed by atoms with E-state index < -0.39 is 0 Å². The van der Waals surface area contributed by atoms with E-state index in [1.165, 1.54) is 51.6 Å². The Balaban J connectivity index is 1.75. The summed E-state index contributed by atoms with van der Waals surface area (Å²) in [5, 5.41) is 3.60. The Morgan fingerprint density at radius 3 is 2.32 bits per heavy atom. The number of piperidine rings is 1. The number of hydrogen-bond acceptors (Lipinski definition) is 3. The van der Waals surface area contributed by atoms with Crippen LogP contribution < -0.4 is 5.32 Å². The first-order valence-electron chi connectivity index (χ1n) is 8.00. The topological polar surface area (TPSA) is 24.5 Å². The van der Waals surface area contributed by atoms with Gasteiger partial charge in [0.15, 0.2) is 0 Å². The molecule has 19 heavy (non-hydrogen) atoms. The molecule has 3 heteroatoms. The second kappa shape index (κ2) is 6.11. The average Bonchev–Trinajstić information content (AvgIpc) is 2.27. The fraction of sp³-hybridized carbons (Fsp3) is 1.00. The summed E-state index contributed by atoms with van der Waals surface area (Å²) in [7, 11) is 2.21. The van der Waals surface area contributed by atoms with Gasteiger partial charge in [0.25, 0.3) is 0 Å². The molecule has 0 spiro atoms. The van der Waals surface area contributed by atoms with E-state index in [9.17, 15) is 0 Å². The normalized spacial score (nSPS) is 25.3. The number of nitrogens with one attached hydrogen (secondary N) is 1. The van der Waals surface area contributed by atoms with Crippen LogP contribution in [0.3, 0.4) is 0 Å². The third kappa shape index (κ3) is 4.73. The Labute approximate surface area is 119 Å². The van der Waals surface area contributed by atoms with Crippen LogP contribution in [0.5, 0.6) is 0 Å². The summed E-state index contributed by atoms with van der Waals surface area (Å²) in [6, 6.07) is 0. The second-order valence-electron chi connectivity index (χ2n) is 7.58. The van der Waals surface area contributed by atoms with Gasteiger partial charge in [0, 0.05) is 18.6 Å². The highest BCUT2D eigenvalue weighted by atomic mass is 16.5. The quantitative estimate of drug-likeness (QED) is 0.830. The largest absolute Gasteiger partial charge is 0.372 e. The summed E-state index contributed by atoms with van der Waals surface area (Å²) in [6.45, 7) is 10.2. The monoisotopic (exact) mass is 268 g/mol. The fourth-order valence-electron chi connectivity index (χ4n) is 3.12. The highest BCUT2D eigenvalue weighted by Gasteiger charge is 2.40. The summed E-state index contributed by atoms with van der Waals surface area (Å²) < 4.78 is 6.51. The fourth-order valence-corrected chi connectivity index (χ4v) is 3.12. The van der Waals surface area contributed by atoms with Gasteiger partial charge in [-0.1, -0.05) is 0 Å². The Morgan fingerprint density at radius 2 is 1.84 bits per heavy atom. The lowest BCUT2D eigenvalue weighted by Crippen LogP contribution is -2.49. The maximum Gasteiger partial charge on any atom is 0.0698 e. The molecule has 1 heterocycles. The van der Waals surface area contributed by atoms with Crippen molar-refractivity contribution in [2.75, 3.05) is 26.7 Å². The molecule has 0 aromatic rings. The first-order chi connectivity index (χ1) is 8.89. The van der Waals surface area contributed by atoms with Crippen molar-refractivity contribution in [3.8, 4) is 0 Å². The van der Waals surface area contributed by atoms with Crippen LogP contribution in [0.4, 0.5) is 0 Å². The zero-order valence-electron chi connectivity index (χ0n) is 13.3. The molecular weight excluding hydrogens is 236 g/mol. The summed E-state index contributed by atoms with van der Waals surface area (Å²) in [5.74, 6) is 0. The summed E-state index contributed by atoms with van der Waals surface area (Å²) in [6.07, 6.45) is 8.00. The van der Waals surface area contributed by atoms with Gasteiger partial charge in [0.05, 0.1) is 11.7 Å². The molecule has 1 aliphatic carbocycles. The molecule has 0 atom stereocenters. The van der Waals surface area contributed by atoms with E-state index in [2.05, 4.69) is 38.0 Å². The van der Waals surface area contributed by atoms with Crippen LogP contribution >= 0.6 is 0 Å². The predicted octanol–water partition coefficient (Wildman–Crippen LogP) is 2.80. The van der Waals surface area contributed by atoms with Gasteiger partial charge in [-0.15, -0.1) is 0 Å². The van der Waals surface area contributed by atoms with E-state index in [1.807, 2.05) is 0 Å². The van der Waals surface area contributed by atoms with Gasteiger partial charge in [-0.3, -0.25) is 0 Å². The number of hydrogen-bond donors (Lipinski definition) is 1. The van der Waals surface area contributed by atoms with Crippen LogP contribution in [0, 0.1) is 0 Å². The molecule has 0 bridgehead atoms. The number of rotatable bonds is 5. The van der Waals surface area contributed by atoms with Gasteiger partial charge >= 0.3 is 0 Å². The minimum absolute atomic E-state index is 0.207. The molecule has 0 amide bonds. The van der Waals surface area contributed by atoms with Crippen molar-refractivity contribution in [1.29, 1.82) is 0 Å². The van der Waals surface area contributed by atoms with Crippen LogP contribution in [-0.4, -0.2) is 48.8 Å². The van der Waals surface area contributed by atoms with E-state index in [-0.39, 0.29) is 11.1 Å². The van der Waals surface area contributed by atoms with Crippen molar-refractivity contribution in [2.24, 2.45) is 0 Å². The van der Waals surface area contributed by atoms with Crippen LogP contribution in [-0.2, 0) is 4.74 Å². The van der Waals surface area contributed by atoms with Crippen LogP contribution in [0.1, 0.15) is 59.3 Å². The smallest absolute Gasteiger partial charge is 0.0698 e. The van der Waals surface area contributed by atoms with Crippen molar-refractivity contribution in [3.05, 3.63) is 0 Å². The zero-order chi connectivity index (χ0) is 13.9. The molecule has 1 saturated carbocycles. The molecule has 1 saturated heterocycles. The van der Waals surface area contributed by atoms with Crippen molar-refractivity contribution in [1.82, 2.24) is 10.2 Å². The molecule has 0 aromatic heterocycles. The maximum atomic E-state index is 6.51. The molecule has 0 unspecified atom stereocenters. The maximum absolute atomic E-state index is 6.51. The minimum atomic E-state index is 0.207. The van der Waals surface area contributed by atoms with Crippen LogP contribution in [0.2, 0.25) is 0 Å². The molecule has 2 rings (SSSR count). The van der Waals surface area contributed by atoms with Crippen molar-refractivity contribution in [2.45, 2.75) is 76.5 Å². The SMILES string of the molecule is CN1CCC(OC2(CCNC(C)(C)C)CCC2)CC1. The zero-order valence-corrected chi connectivity index (χ0v) is 13.3. The van der Waals surface area contributed by atoms with Gasteiger partial charge in [0.1, 0.15) is 0 Å². The van der Waals surface area contributed by atoms with Crippen molar-refractivity contribution >= 4 is 0 Å². The molecule has 0 radical (unpaired) electrons. The lowest BCUT2D eigenvalue weighted by molar-refractivity contribution is -0.154. The molecule has 2 fully saturated rings. The van der Waals surface area contributed by atoms with E-state index in [0.717, 1.165) is 6.54 Å². The van der Waals surface area contributed by atoms with Crippen molar-refractivity contribution < 1.29 is 4.74 Å². The lowest BCUT2D eigenvalue weighted by Gasteiger charge is -2.46. The van der Waals surface area contributed by atoms with E-state index in [1.54, 1.807) is 0 Å². The van der Waals surface area contributed by atoms with Gasteiger partial charge < -0.3 is 15.0 Å². The van der Waals surface area contributed by atoms with Gasteiger partial charge in [-0.2, -0.15) is 0 Å². The van der Waals surface area contributed by atoms with E-state index in [0.29, 0.717) is 6.10 Å². The van der Waals surface area contributed by atoms with E-state index >= 15 is 0 Å². The molecule has 1 aliphatic heterocycles. The summed E-state index contributed by atoms with van der Waals surface area (Å²) in [5.41, 5.74) is 0.428. The van der Waals surface area contributed by atoms with E-state index in [4.69, 9.17) is 4.74 Å². The highest BCUT2D eigenvalue weighted by molar-refractivity contribution is 4.92. The Bertz CT molecular complexity index is 273. The molecule has 3 nitrogen and oxygen atoms in total. The minimum Gasteiger partial charge on any atom is -0.372 e. The van der Waals surface area contributed by atoms with Gasteiger partial charge in [-0.05, 0) is 72.9 Å². The molecular formula is C16H32N2O. The predicted molar refractivity (Wildman–Crippen MR) is 80.6 cm³/mol. The Morgan fingerprint density at radius 1 is 1.21 bits per heavy atom. The van der Waals surface area contributed by atoms with Gasteiger partial charge in [0.2, 0.25) is 0 Å². The third-order valence-electron chi connectivity index (χ3n) is 4.58. The number of likely N-dealkylation sites (tertiary alicyclic amines) is 1. The molecule has 112 valence electrons. The average molecular weight is 268 g/mol. The Kier molecular flexibility index (Phi) is 4.91. The molecule has 2 aliphatic rings. The summed E-state index contributed by atoms with van der Waals surface area (Å²) in [4.78, 5) is 2.41. The number of nitrogens with zero attached hydrogens (tertiary/aromatic N) is 1. The molecule has 0 aromatic carbocycles. The lowest BCUT2D eigenvalue weighted by atomic mass is 9.77. The second-order valence-corrected chi connectivity index (χ2v) is 7.58. The third-order valence-corrected chi connectivity index (χ3v) is 4.58. The standard InChI is InChI=1S/C16H32N2O/c1-15(2,3)17-11-10-16(8-5-9-16)19-14-6-12-18(4)13-7-14/h14,17H,5-13H2,1-4H3. The molecule has 1 N–H and O–H groups in total. The Hall–Kier alpha value is -0.120.